The second kappa shape index (κ2) is 9.68. The van der Waals surface area contributed by atoms with Crippen LogP contribution >= 0.6 is 35.3 Å². The number of halogens is 1. The SMILES string of the molecule is I.NC(=NCCCc1c[nH]c2ccccc12)NCCc1cccs1. The third-order valence-corrected chi connectivity index (χ3v) is 4.76. The number of aryl methyl sites for hydroxylation is 1. The third kappa shape index (κ3) is 5.24. The minimum absolute atomic E-state index is 0. The second-order valence-electron chi connectivity index (χ2n) is 5.49. The summed E-state index contributed by atoms with van der Waals surface area (Å²) in [6.45, 7) is 1.58. The summed E-state index contributed by atoms with van der Waals surface area (Å²) in [5, 5.41) is 6.57. The lowest BCUT2D eigenvalue weighted by molar-refractivity contribution is 0.812. The highest BCUT2D eigenvalue weighted by molar-refractivity contribution is 14.0. The average molecular weight is 454 g/mol. The molecule has 0 aliphatic rings. The number of fused-ring (bicyclic) bond motifs is 1. The van der Waals surface area contributed by atoms with Gasteiger partial charge in [0.15, 0.2) is 5.96 Å². The maximum Gasteiger partial charge on any atom is 0.188 e. The van der Waals surface area contributed by atoms with E-state index in [1.165, 1.54) is 21.3 Å². The third-order valence-electron chi connectivity index (χ3n) is 3.82. The largest absolute Gasteiger partial charge is 0.370 e. The van der Waals surface area contributed by atoms with E-state index in [1.54, 1.807) is 11.3 Å². The lowest BCUT2D eigenvalue weighted by Gasteiger charge is -2.04. The number of hydrogen-bond acceptors (Lipinski definition) is 2. The summed E-state index contributed by atoms with van der Waals surface area (Å²) >= 11 is 1.77. The van der Waals surface area contributed by atoms with Crippen molar-refractivity contribution in [2.24, 2.45) is 10.7 Å². The normalized spacial score (nSPS) is 11.4. The summed E-state index contributed by atoms with van der Waals surface area (Å²) in [4.78, 5) is 9.07. The van der Waals surface area contributed by atoms with E-state index in [-0.39, 0.29) is 24.0 Å². The Balaban J connectivity index is 0.00000208. The van der Waals surface area contributed by atoms with Crippen LogP contribution in [0.15, 0.2) is 53.0 Å². The molecule has 24 heavy (non-hydrogen) atoms. The van der Waals surface area contributed by atoms with Crippen molar-refractivity contribution in [3.05, 3.63) is 58.4 Å². The van der Waals surface area contributed by atoms with Crippen LogP contribution in [0.5, 0.6) is 0 Å². The van der Waals surface area contributed by atoms with Crippen molar-refractivity contribution in [1.82, 2.24) is 10.3 Å². The predicted octanol–water partition coefficient (Wildman–Crippen LogP) is 3.93. The highest BCUT2D eigenvalue weighted by Crippen LogP contribution is 2.18. The van der Waals surface area contributed by atoms with Gasteiger partial charge in [0.2, 0.25) is 0 Å². The van der Waals surface area contributed by atoms with Crippen molar-refractivity contribution in [3.8, 4) is 0 Å². The molecule has 0 atom stereocenters. The molecule has 3 rings (SSSR count). The number of benzene rings is 1. The summed E-state index contributed by atoms with van der Waals surface area (Å²) in [6.07, 6.45) is 5.09. The number of para-hydroxylation sites is 1. The van der Waals surface area contributed by atoms with Crippen LogP contribution < -0.4 is 11.1 Å². The van der Waals surface area contributed by atoms with Gasteiger partial charge < -0.3 is 16.0 Å². The summed E-state index contributed by atoms with van der Waals surface area (Å²) in [6, 6.07) is 12.6. The molecule has 6 heteroatoms. The molecule has 0 spiro atoms. The van der Waals surface area contributed by atoms with Crippen LogP contribution in [0.25, 0.3) is 10.9 Å². The Kier molecular flexibility index (Phi) is 7.58. The first-order valence-corrected chi connectivity index (χ1v) is 8.82. The Morgan fingerprint density at radius 3 is 2.88 bits per heavy atom. The lowest BCUT2D eigenvalue weighted by Crippen LogP contribution is -2.33. The molecule has 0 amide bonds. The molecule has 0 radical (unpaired) electrons. The Morgan fingerprint density at radius 1 is 1.17 bits per heavy atom. The molecule has 0 bridgehead atoms. The van der Waals surface area contributed by atoms with Crippen molar-refractivity contribution in [1.29, 1.82) is 0 Å². The molecule has 0 fully saturated rings. The number of rotatable bonds is 7. The van der Waals surface area contributed by atoms with Gasteiger partial charge in [-0.15, -0.1) is 35.3 Å². The molecule has 128 valence electrons. The molecule has 4 nitrogen and oxygen atoms in total. The first-order valence-electron chi connectivity index (χ1n) is 7.94. The van der Waals surface area contributed by atoms with Gasteiger partial charge in [-0.05, 0) is 42.3 Å². The maximum atomic E-state index is 5.90. The van der Waals surface area contributed by atoms with Gasteiger partial charge in [0, 0.05) is 35.1 Å². The molecule has 2 heterocycles. The van der Waals surface area contributed by atoms with Crippen molar-refractivity contribution in [2.75, 3.05) is 13.1 Å². The highest BCUT2D eigenvalue weighted by Gasteiger charge is 2.02. The zero-order valence-electron chi connectivity index (χ0n) is 13.5. The van der Waals surface area contributed by atoms with Gasteiger partial charge in [-0.3, -0.25) is 4.99 Å². The van der Waals surface area contributed by atoms with Crippen LogP contribution in [0, 0.1) is 0 Å². The Labute approximate surface area is 163 Å². The van der Waals surface area contributed by atoms with Gasteiger partial charge in [-0.2, -0.15) is 0 Å². The quantitative estimate of drug-likeness (QED) is 0.219. The number of hydrogen-bond donors (Lipinski definition) is 3. The van der Waals surface area contributed by atoms with Crippen molar-refractivity contribution in [2.45, 2.75) is 19.3 Å². The molecule has 0 saturated carbocycles. The summed E-state index contributed by atoms with van der Waals surface area (Å²) in [7, 11) is 0. The predicted molar refractivity (Wildman–Crippen MR) is 115 cm³/mol. The smallest absolute Gasteiger partial charge is 0.188 e. The number of guanidine groups is 1. The van der Waals surface area contributed by atoms with E-state index in [2.05, 4.69) is 63.3 Å². The van der Waals surface area contributed by atoms with Gasteiger partial charge >= 0.3 is 0 Å². The van der Waals surface area contributed by atoms with E-state index < -0.39 is 0 Å². The first kappa shape index (κ1) is 18.8. The number of H-pyrrole nitrogens is 1. The lowest BCUT2D eigenvalue weighted by atomic mass is 10.1. The number of nitrogens with two attached hydrogens (primary N) is 1. The second-order valence-corrected chi connectivity index (χ2v) is 6.52. The fourth-order valence-corrected chi connectivity index (χ4v) is 3.34. The Hall–Kier alpha value is -1.54. The van der Waals surface area contributed by atoms with Gasteiger partial charge in [0.1, 0.15) is 0 Å². The number of aromatic amines is 1. The molecular weight excluding hydrogens is 431 g/mol. The van der Waals surface area contributed by atoms with Crippen LogP contribution in [-0.4, -0.2) is 24.0 Å². The van der Waals surface area contributed by atoms with E-state index in [0.717, 1.165) is 32.4 Å². The highest BCUT2D eigenvalue weighted by atomic mass is 127. The zero-order chi connectivity index (χ0) is 15.9. The van der Waals surface area contributed by atoms with Crippen molar-refractivity contribution in [3.63, 3.8) is 0 Å². The van der Waals surface area contributed by atoms with E-state index in [0.29, 0.717) is 5.96 Å². The topological polar surface area (TPSA) is 66.2 Å². The zero-order valence-corrected chi connectivity index (χ0v) is 16.6. The van der Waals surface area contributed by atoms with Crippen LogP contribution in [0.4, 0.5) is 0 Å². The van der Waals surface area contributed by atoms with E-state index in [1.807, 2.05) is 0 Å². The average Bonchev–Trinajstić information content (AvgIpc) is 3.21. The molecule has 1 aromatic carbocycles. The van der Waals surface area contributed by atoms with Crippen LogP contribution in [0.1, 0.15) is 16.9 Å². The van der Waals surface area contributed by atoms with Gasteiger partial charge in [0.05, 0.1) is 0 Å². The summed E-state index contributed by atoms with van der Waals surface area (Å²) in [5.41, 5.74) is 8.44. The van der Waals surface area contributed by atoms with Gasteiger partial charge in [0.25, 0.3) is 0 Å². The van der Waals surface area contributed by atoms with Gasteiger partial charge in [-0.1, -0.05) is 24.3 Å². The number of thiophene rings is 1. The van der Waals surface area contributed by atoms with Crippen molar-refractivity contribution < 1.29 is 0 Å². The first-order chi connectivity index (χ1) is 11.3. The van der Waals surface area contributed by atoms with Gasteiger partial charge in [-0.25, -0.2) is 0 Å². The van der Waals surface area contributed by atoms with Crippen molar-refractivity contribution >= 4 is 52.2 Å². The Bertz CT molecular complexity index is 764. The molecule has 0 unspecified atom stereocenters. The number of nitrogens with zero attached hydrogens (tertiary/aromatic N) is 1. The van der Waals surface area contributed by atoms with E-state index in [4.69, 9.17) is 5.73 Å². The molecule has 3 aromatic rings. The molecular formula is C18H23IN4S. The maximum absolute atomic E-state index is 5.90. The number of aliphatic imine (C=N–C) groups is 1. The fraction of sp³-hybridized carbons (Fsp3) is 0.278. The molecule has 0 aliphatic carbocycles. The summed E-state index contributed by atoms with van der Waals surface area (Å²) < 4.78 is 0. The molecule has 0 saturated heterocycles. The van der Waals surface area contributed by atoms with E-state index in [9.17, 15) is 0 Å². The summed E-state index contributed by atoms with van der Waals surface area (Å²) in [5.74, 6) is 0.542. The molecule has 4 N–H and O–H groups in total. The van der Waals surface area contributed by atoms with Crippen LogP contribution in [0.3, 0.4) is 0 Å². The molecule has 2 aromatic heterocycles. The number of nitrogens with one attached hydrogen (secondary N) is 2. The molecule has 0 aliphatic heterocycles. The van der Waals surface area contributed by atoms with Crippen LogP contribution in [0.2, 0.25) is 0 Å². The number of aromatic nitrogens is 1. The minimum Gasteiger partial charge on any atom is -0.370 e. The van der Waals surface area contributed by atoms with E-state index >= 15 is 0 Å². The standard InChI is InChI=1S/C18H22N4S.HI/c19-18(21-11-9-15-6-4-12-23-15)20-10-3-5-14-13-22-17-8-2-1-7-16(14)17;/h1-2,4,6-8,12-13,22H,3,5,9-11H2,(H3,19,20,21);1H. The fourth-order valence-electron chi connectivity index (χ4n) is 2.63. The Morgan fingerprint density at radius 2 is 2.04 bits per heavy atom. The van der Waals surface area contributed by atoms with Crippen LogP contribution in [-0.2, 0) is 12.8 Å². The monoisotopic (exact) mass is 454 g/mol. The minimum atomic E-state index is 0.